The summed E-state index contributed by atoms with van der Waals surface area (Å²) in [5.74, 6) is 2.87. The Bertz CT molecular complexity index is 1250. The van der Waals surface area contributed by atoms with E-state index in [4.69, 9.17) is 10.2 Å². The van der Waals surface area contributed by atoms with Crippen LogP contribution in [-0.4, -0.2) is 30.6 Å². The van der Waals surface area contributed by atoms with Crippen LogP contribution in [0.25, 0.3) is 0 Å². The van der Waals surface area contributed by atoms with Gasteiger partial charge < -0.3 is 10.2 Å². The van der Waals surface area contributed by atoms with Gasteiger partial charge in [-0.2, -0.15) is 0 Å². The number of carboxylic acid groups (broad SMARTS) is 2. The zero-order chi connectivity index (χ0) is 21.0. The highest BCUT2D eigenvalue weighted by Crippen LogP contribution is 2.20. The molecule has 0 saturated heterocycles. The van der Waals surface area contributed by atoms with E-state index in [9.17, 15) is 18.0 Å². The Morgan fingerprint density at radius 2 is 1.17 bits per heavy atom. The van der Waals surface area contributed by atoms with Crippen molar-refractivity contribution < 1.29 is 28.2 Å². The largest absolute Gasteiger partial charge is 0.478 e. The first-order valence-corrected chi connectivity index (χ1v) is 9.80. The Labute approximate surface area is 167 Å². The van der Waals surface area contributed by atoms with Gasteiger partial charge in [0, 0.05) is 11.1 Å². The molecule has 3 rings (SSSR count). The Hall–Kier alpha value is -3.89. The number of carbonyl (C=O) groups is 2. The lowest BCUT2D eigenvalue weighted by molar-refractivity contribution is 0.0651. The van der Waals surface area contributed by atoms with E-state index in [0.717, 1.165) is 0 Å². The lowest BCUT2D eigenvalue weighted by atomic mass is 10.0. The Kier molecular flexibility index (Phi) is 5.48. The predicted molar refractivity (Wildman–Crippen MR) is 105 cm³/mol. The average Bonchev–Trinajstić information content (AvgIpc) is 2.73. The molecule has 0 aliphatic heterocycles. The standard InChI is InChI=1S/C22H14O6S/c23-21(24)19-13-10-16(14-20(19)22(25)26)7-6-15-8-11-18(12-9-15)29(27,28)17-4-2-1-3-5-17/h1-5,8-14H,(H,23,24)(H,25,26). The number of aromatic carboxylic acids is 2. The van der Waals surface area contributed by atoms with Crippen LogP contribution in [0, 0.1) is 11.8 Å². The van der Waals surface area contributed by atoms with Crippen molar-refractivity contribution in [2.24, 2.45) is 0 Å². The second kappa shape index (κ2) is 8.00. The molecule has 0 aliphatic carbocycles. The molecule has 0 bridgehead atoms. The lowest BCUT2D eigenvalue weighted by Crippen LogP contribution is -2.08. The van der Waals surface area contributed by atoms with Gasteiger partial charge in [-0.1, -0.05) is 30.0 Å². The van der Waals surface area contributed by atoms with Gasteiger partial charge in [0.1, 0.15) is 0 Å². The molecule has 29 heavy (non-hydrogen) atoms. The third-order valence-corrected chi connectivity index (χ3v) is 5.84. The Morgan fingerprint density at radius 3 is 1.76 bits per heavy atom. The lowest BCUT2D eigenvalue weighted by Gasteiger charge is -2.04. The molecule has 0 aliphatic rings. The molecule has 0 atom stereocenters. The second-order valence-electron chi connectivity index (χ2n) is 5.96. The van der Waals surface area contributed by atoms with E-state index >= 15 is 0 Å². The zero-order valence-electron chi connectivity index (χ0n) is 14.9. The van der Waals surface area contributed by atoms with Crippen LogP contribution in [-0.2, 0) is 9.84 Å². The summed E-state index contributed by atoms with van der Waals surface area (Å²) < 4.78 is 25.1. The molecule has 0 fully saturated rings. The van der Waals surface area contributed by atoms with Crippen molar-refractivity contribution in [2.75, 3.05) is 0 Å². The molecule has 0 unspecified atom stereocenters. The van der Waals surface area contributed by atoms with Gasteiger partial charge in [0.25, 0.3) is 0 Å². The summed E-state index contributed by atoms with van der Waals surface area (Å²) in [6.07, 6.45) is 0. The maximum atomic E-state index is 12.6. The van der Waals surface area contributed by atoms with E-state index in [-0.39, 0.29) is 20.9 Å². The molecule has 0 amide bonds. The highest BCUT2D eigenvalue weighted by molar-refractivity contribution is 7.91. The van der Waals surface area contributed by atoms with Crippen molar-refractivity contribution in [3.8, 4) is 11.8 Å². The van der Waals surface area contributed by atoms with E-state index < -0.39 is 21.8 Å². The minimum atomic E-state index is -3.62. The molecule has 6 nitrogen and oxygen atoms in total. The van der Waals surface area contributed by atoms with E-state index in [0.29, 0.717) is 11.1 Å². The van der Waals surface area contributed by atoms with Crippen LogP contribution in [0.4, 0.5) is 0 Å². The quantitative estimate of drug-likeness (QED) is 0.644. The van der Waals surface area contributed by atoms with Crippen molar-refractivity contribution in [2.45, 2.75) is 9.79 Å². The zero-order valence-corrected chi connectivity index (χ0v) is 15.7. The maximum absolute atomic E-state index is 12.6. The van der Waals surface area contributed by atoms with Crippen LogP contribution in [0.2, 0.25) is 0 Å². The molecule has 0 heterocycles. The molecule has 0 saturated carbocycles. The number of sulfone groups is 1. The normalized spacial score (nSPS) is 10.6. The van der Waals surface area contributed by atoms with Gasteiger partial charge >= 0.3 is 11.9 Å². The van der Waals surface area contributed by atoms with Gasteiger partial charge in [0.2, 0.25) is 9.84 Å². The highest BCUT2D eigenvalue weighted by Gasteiger charge is 2.17. The van der Waals surface area contributed by atoms with E-state index in [1.54, 1.807) is 30.3 Å². The van der Waals surface area contributed by atoms with E-state index in [2.05, 4.69) is 11.8 Å². The van der Waals surface area contributed by atoms with Crippen molar-refractivity contribution in [1.82, 2.24) is 0 Å². The fraction of sp³-hybridized carbons (Fsp3) is 0. The smallest absolute Gasteiger partial charge is 0.336 e. The van der Waals surface area contributed by atoms with Crippen molar-refractivity contribution in [1.29, 1.82) is 0 Å². The van der Waals surface area contributed by atoms with Crippen LogP contribution in [0.3, 0.4) is 0 Å². The molecule has 0 spiro atoms. The van der Waals surface area contributed by atoms with E-state index in [1.165, 1.54) is 42.5 Å². The van der Waals surface area contributed by atoms with Gasteiger partial charge in [-0.3, -0.25) is 0 Å². The summed E-state index contributed by atoms with van der Waals surface area (Å²) in [7, 11) is -3.62. The number of rotatable bonds is 4. The summed E-state index contributed by atoms with van der Waals surface area (Å²) in [4.78, 5) is 22.6. The molecule has 0 radical (unpaired) electrons. The third-order valence-electron chi connectivity index (χ3n) is 4.05. The highest BCUT2D eigenvalue weighted by atomic mass is 32.2. The summed E-state index contributed by atoms with van der Waals surface area (Å²) in [5, 5.41) is 18.2. The molecular weight excluding hydrogens is 392 g/mol. The number of carboxylic acids is 2. The minimum absolute atomic E-state index is 0.133. The maximum Gasteiger partial charge on any atom is 0.336 e. The van der Waals surface area contributed by atoms with Crippen molar-refractivity contribution >= 4 is 21.8 Å². The van der Waals surface area contributed by atoms with E-state index in [1.807, 2.05) is 0 Å². The molecule has 0 aromatic heterocycles. The number of hydrogen-bond acceptors (Lipinski definition) is 4. The number of hydrogen-bond donors (Lipinski definition) is 2. The summed E-state index contributed by atoms with van der Waals surface area (Å²) in [6.45, 7) is 0. The molecule has 2 N–H and O–H groups in total. The van der Waals surface area contributed by atoms with Crippen LogP contribution in [0.5, 0.6) is 0 Å². The summed E-state index contributed by atoms with van der Waals surface area (Å²) in [6, 6.07) is 17.8. The van der Waals surface area contributed by atoms with Crippen LogP contribution < -0.4 is 0 Å². The Balaban J connectivity index is 1.89. The monoisotopic (exact) mass is 406 g/mol. The predicted octanol–water partition coefficient (Wildman–Crippen LogP) is 3.32. The molecule has 144 valence electrons. The second-order valence-corrected chi connectivity index (χ2v) is 7.91. The van der Waals surface area contributed by atoms with Crippen LogP contribution in [0.1, 0.15) is 31.8 Å². The first-order valence-electron chi connectivity index (χ1n) is 8.32. The number of benzene rings is 3. The van der Waals surface area contributed by atoms with Gasteiger partial charge in [-0.05, 0) is 54.6 Å². The van der Waals surface area contributed by atoms with Crippen LogP contribution >= 0.6 is 0 Å². The topological polar surface area (TPSA) is 109 Å². The summed E-state index contributed by atoms with van der Waals surface area (Å²) in [5.41, 5.74) is 0.178. The van der Waals surface area contributed by atoms with Crippen LogP contribution in [0.15, 0.2) is 82.6 Å². The fourth-order valence-electron chi connectivity index (χ4n) is 2.58. The van der Waals surface area contributed by atoms with Crippen molar-refractivity contribution in [3.63, 3.8) is 0 Å². The van der Waals surface area contributed by atoms with Gasteiger partial charge in [0.15, 0.2) is 0 Å². The molecule has 7 heteroatoms. The van der Waals surface area contributed by atoms with Gasteiger partial charge in [-0.25, -0.2) is 18.0 Å². The van der Waals surface area contributed by atoms with Gasteiger partial charge in [0.05, 0.1) is 20.9 Å². The van der Waals surface area contributed by atoms with Crippen molar-refractivity contribution in [3.05, 3.63) is 95.1 Å². The van der Waals surface area contributed by atoms with Gasteiger partial charge in [-0.15, -0.1) is 0 Å². The Morgan fingerprint density at radius 1 is 0.655 bits per heavy atom. The first kappa shape index (κ1) is 19.9. The molecule has 3 aromatic rings. The summed E-state index contributed by atoms with van der Waals surface area (Å²) >= 11 is 0. The molecule has 3 aromatic carbocycles. The minimum Gasteiger partial charge on any atom is -0.478 e. The SMILES string of the molecule is O=C(O)c1ccc(C#Cc2ccc(S(=O)(=O)c3ccccc3)cc2)cc1C(=O)O. The first-order chi connectivity index (χ1) is 13.8. The molecular formula is C22H14O6S. The average molecular weight is 406 g/mol. The third kappa shape index (κ3) is 4.34. The fourth-order valence-corrected chi connectivity index (χ4v) is 3.86.